The molecule has 0 saturated carbocycles. The van der Waals surface area contributed by atoms with E-state index in [9.17, 15) is 4.21 Å². The van der Waals surface area contributed by atoms with E-state index in [2.05, 4.69) is 50.4 Å². The molecule has 1 unspecified atom stereocenters. The molecule has 106 valence electrons. The number of hydrogen-bond acceptors (Lipinski definition) is 3. The van der Waals surface area contributed by atoms with E-state index >= 15 is 0 Å². The first-order chi connectivity index (χ1) is 9.19. The Balaban J connectivity index is 1.85. The zero-order valence-corrected chi connectivity index (χ0v) is 13.7. The number of rotatable bonds is 5. The van der Waals surface area contributed by atoms with Crippen molar-refractivity contribution in [2.45, 2.75) is 12.5 Å². The molecule has 1 N–H and O–H groups in total. The van der Waals surface area contributed by atoms with Gasteiger partial charge in [0.15, 0.2) is 0 Å². The van der Waals surface area contributed by atoms with Gasteiger partial charge >= 0.3 is 0 Å². The van der Waals surface area contributed by atoms with Crippen LogP contribution >= 0.6 is 15.9 Å². The second-order valence-electron chi connectivity index (χ2n) is 4.87. The highest BCUT2D eigenvalue weighted by atomic mass is 79.9. The Morgan fingerprint density at radius 2 is 1.95 bits per heavy atom. The quantitative estimate of drug-likeness (QED) is 0.888. The van der Waals surface area contributed by atoms with E-state index < -0.39 is 10.8 Å². The predicted octanol–water partition coefficient (Wildman–Crippen LogP) is 2.16. The predicted molar refractivity (Wildman–Crippen MR) is 84.9 cm³/mol. The van der Waals surface area contributed by atoms with Gasteiger partial charge in [0.05, 0.1) is 0 Å². The summed E-state index contributed by atoms with van der Waals surface area (Å²) in [5.74, 6) is 1.67. The first-order valence-corrected chi connectivity index (χ1v) is 8.97. The monoisotopic (exact) mass is 344 g/mol. The summed E-state index contributed by atoms with van der Waals surface area (Å²) in [7, 11) is 1.43. The summed E-state index contributed by atoms with van der Waals surface area (Å²) in [6.45, 7) is 3.02. The van der Waals surface area contributed by atoms with Gasteiger partial charge in [-0.05, 0) is 31.2 Å². The van der Waals surface area contributed by atoms with Gasteiger partial charge in [-0.1, -0.05) is 28.1 Å². The van der Waals surface area contributed by atoms with Crippen molar-refractivity contribution in [3.63, 3.8) is 0 Å². The van der Waals surface area contributed by atoms with Crippen molar-refractivity contribution >= 4 is 26.7 Å². The topological polar surface area (TPSA) is 32.3 Å². The van der Waals surface area contributed by atoms with E-state index in [0.717, 1.165) is 42.0 Å². The van der Waals surface area contributed by atoms with Crippen LogP contribution in [0.2, 0.25) is 0 Å². The zero-order chi connectivity index (χ0) is 13.7. The van der Waals surface area contributed by atoms with Crippen LogP contribution in [0, 0.1) is 0 Å². The summed E-state index contributed by atoms with van der Waals surface area (Å²) in [6, 6.07) is 8.89. The van der Waals surface area contributed by atoms with Crippen molar-refractivity contribution in [1.29, 1.82) is 0 Å². The molecule has 0 radical (unpaired) electrons. The van der Waals surface area contributed by atoms with Crippen molar-refractivity contribution in [2.24, 2.45) is 0 Å². The molecule has 2 rings (SSSR count). The summed E-state index contributed by atoms with van der Waals surface area (Å²) in [6.07, 6.45) is 1.09. The number of halogens is 1. The SMILES string of the molecule is CNC(CCN1CCS(=O)CC1)c1ccc(Br)cc1. The highest BCUT2D eigenvalue weighted by Crippen LogP contribution is 2.20. The molecular formula is C14H21BrN2OS. The maximum atomic E-state index is 11.3. The maximum Gasteiger partial charge on any atom is 0.0363 e. The molecule has 0 aromatic heterocycles. The van der Waals surface area contributed by atoms with Gasteiger partial charge in [-0.25, -0.2) is 0 Å². The number of benzene rings is 1. The van der Waals surface area contributed by atoms with Gasteiger partial charge in [-0.15, -0.1) is 0 Å². The number of hydrogen-bond donors (Lipinski definition) is 1. The first-order valence-electron chi connectivity index (χ1n) is 6.69. The highest BCUT2D eigenvalue weighted by molar-refractivity contribution is 9.10. The van der Waals surface area contributed by atoms with Crippen molar-refractivity contribution in [1.82, 2.24) is 10.2 Å². The molecule has 1 atom stereocenters. The zero-order valence-electron chi connectivity index (χ0n) is 11.3. The third-order valence-electron chi connectivity index (χ3n) is 3.63. The Kier molecular flexibility index (Phi) is 6.01. The van der Waals surface area contributed by atoms with Gasteiger partial charge in [0, 0.05) is 52.5 Å². The molecule has 0 aliphatic carbocycles. The summed E-state index contributed by atoms with van der Waals surface area (Å²) in [5.41, 5.74) is 1.33. The molecular weight excluding hydrogens is 324 g/mol. The third-order valence-corrected chi connectivity index (χ3v) is 5.43. The Hall–Kier alpha value is -0.230. The number of nitrogens with zero attached hydrogens (tertiary/aromatic N) is 1. The van der Waals surface area contributed by atoms with Crippen LogP contribution in [0.4, 0.5) is 0 Å². The molecule has 1 heterocycles. The van der Waals surface area contributed by atoms with Crippen molar-refractivity contribution in [3.8, 4) is 0 Å². The molecule has 0 bridgehead atoms. The fourth-order valence-electron chi connectivity index (χ4n) is 2.38. The minimum atomic E-state index is -0.578. The molecule has 19 heavy (non-hydrogen) atoms. The minimum Gasteiger partial charge on any atom is -0.313 e. The van der Waals surface area contributed by atoms with Crippen LogP contribution in [-0.4, -0.2) is 47.3 Å². The van der Waals surface area contributed by atoms with E-state index in [1.807, 2.05) is 7.05 Å². The Morgan fingerprint density at radius 1 is 1.32 bits per heavy atom. The molecule has 0 spiro atoms. The molecule has 1 fully saturated rings. The lowest BCUT2D eigenvalue weighted by Gasteiger charge is -2.28. The van der Waals surface area contributed by atoms with Crippen molar-refractivity contribution < 1.29 is 4.21 Å². The van der Waals surface area contributed by atoms with E-state index in [0.29, 0.717) is 6.04 Å². The molecule has 0 amide bonds. The van der Waals surface area contributed by atoms with Crippen LogP contribution in [0.25, 0.3) is 0 Å². The average Bonchev–Trinajstić information content (AvgIpc) is 2.43. The second kappa shape index (κ2) is 7.53. The lowest BCUT2D eigenvalue weighted by Crippen LogP contribution is -2.39. The Morgan fingerprint density at radius 3 is 2.53 bits per heavy atom. The van der Waals surface area contributed by atoms with E-state index in [1.54, 1.807) is 0 Å². The lowest BCUT2D eigenvalue weighted by molar-refractivity contribution is 0.281. The Labute approximate surface area is 126 Å². The molecule has 1 saturated heterocycles. The second-order valence-corrected chi connectivity index (χ2v) is 7.48. The van der Waals surface area contributed by atoms with Gasteiger partial charge < -0.3 is 10.2 Å². The van der Waals surface area contributed by atoms with Crippen LogP contribution in [-0.2, 0) is 10.8 Å². The first kappa shape index (κ1) is 15.2. The van der Waals surface area contributed by atoms with Gasteiger partial charge in [0.2, 0.25) is 0 Å². The fraction of sp³-hybridized carbons (Fsp3) is 0.571. The van der Waals surface area contributed by atoms with Crippen LogP contribution in [0.15, 0.2) is 28.7 Å². The maximum absolute atomic E-state index is 11.3. The lowest BCUT2D eigenvalue weighted by atomic mass is 10.0. The smallest absolute Gasteiger partial charge is 0.0363 e. The molecule has 3 nitrogen and oxygen atoms in total. The van der Waals surface area contributed by atoms with Gasteiger partial charge in [-0.2, -0.15) is 0 Å². The largest absolute Gasteiger partial charge is 0.313 e. The van der Waals surface area contributed by atoms with Crippen LogP contribution in [0.1, 0.15) is 18.0 Å². The molecule has 5 heteroatoms. The van der Waals surface area contributed by atoms with E-state index in [4.69, 9.17) is 0 Å². The normalized spacial score (nSPS) is 19.5. The minimum absolute atomic E-state index is 0.389. The van der Waals surface area contributed by atoms with Crippen LogP contribution < -0.4 is 5.32 Å². The van der Waals surface area contributed by atoms with Crippen LogP contribution in [0.5, 0.6) is 0 Å². The summed E-state index contributed by atoms with van der Waals surface area (Å²) in [5, 5.41) is 3.38. The van der Waals surface area contributed by atoms with Crippen molar-refractivity contribution in [3.05, 3.63) is 34.3 Å². The van der Waals surface area contributed by atoms with E-state index in [-0.39, 0.29) is 0 Å². The molecule has 1 aromatic rings. The fourth-order valence-corrected chi connectivity index (χ4v) is 3.78. The molecule has 1 aliphatic rings. The summed E-state index contributed by atoms with van der Waals surface area (Å²) >= 11 is 3.47. The average molecular weight is 345 g/mol. The van der Waals surface area contributed by atoms with Gasteiger partial charge in [0.25, 0.3) is 0 Å². The van der Waals surface area contributed by atoms with E-state index in [1.165, 1.54) is 5.56 Å². The van der Waals surface area contributed by atoms with Gasteiger partial charge in [0.1, 0.15) is 0 Å². The summed E-state index contributed by atoms with van der Waals surface area (Å²) < 4.78 is 12.4. The highest BCUT2D eigenvalue weighted by Gasteiger charge is 2.17. The Bertz CT molecular complexity index is 414. The van der Waals surface area contributed by atoms with Crippen molar-refractivity contribution in [2.75, 3.05) is 38.2 Å². The molecule has 1 aromatic carbocycles. The molecule has 1 aliphatic heterocycles. The number of nitrogens with one attached hydrogen (secondary N) is 1. The van der Waals surface area contributed by atoms with Gasteiger partial charge in [-0.3, -0.25) is 4.21 Å². The summed E-state index contributed by atoms with van der Waals surface area (Å²) in [4.78, 5) is 2.42. The van der Waals surface area contributed by atoms with Crippen LogP contribution in [0.3, 0.4) is 0 Å². The standard InChI is InChI=1S/C14H21BrN2OS/c1-16-14(12-2-4-13(15)5-3-12)6-7-17-8-10-19(18)11-9-17/h2-5,14,16H,6-11H2,1H3. The third kappa shape index (κ3) is 4.67.